The van der Waals surface area contributed by atoms with Gasteiger partial charge in [-0.3, -0.25) is 4.79 Å². The first kappa shape index (κ1) is 18.3. The third kappa shape index (κ3) is 6.35. The van der Waals surface area contributed by atoms with Crippen LogP contribution in [0.1, 0.15) is 25.8 Å². The number of nitrogens with zero attached hydrogens (tertiary/aromatic N) is 2. The first-order valence-electron chi connectivity index (χ1n) is 7.58. The van der Waals surface area contributed by atoms with Gasteiger partial charge in [-0.1, -0.05) is 36.7 Å². The zero-order chi connectivity index (χ0) is 16.4. The van der Waals surface area contributed by atoms with Gasteiger partial charge < -0.3 is 15.5 Å². The standard InChI is InChI=1S/C16H25ClN4O/c1-4-10-19-15(22)11-20-16(18-5-2)21(3)12-13-8-6-7-9-14(13)17/h6-9H,4-5,10-12H2,1-3H3,(H,18,20)(H,19,22). The molecule has 0 radical (unpaired) electrons. The molecule has 6 heteroatoms. The van der Waals surface area contributed by atoms with Crippen LogP contribution >= 0.6 is 11.6 Å². The van der Waals surface area contributed by atoms with Gasteiger partial charge in [0.15, 0.2) is 5.96 Å². The van der Waals surface area contributed by atoms with Gasteiger partial charge in [0.2, 0.25) is 5.91 Å². The van der Waals surface area contributed by atoms with Gasteiger partial charge in [0.05, 0.1) is 0 Å². The fraction of sp³-hybridized carbons (Fsp3) is 0.500. The lowest BCUT2D eigenvalue weighted by Crippen LogP contribution is -2.39. The van der Waals surface area contributed by atoms with Gasteiger partial charge in [-0.05, 0) is 25.0 Å². The second kappa shape index (κ2) is 10.1. The number of rotatable bonds is 7. The van der Waals surface area contributed by atoms with Gasteiger partial charge in [0, 0.05) is 31.7 Å². The highest BCUT2D eigenvalue weighted by molar-refractivity contribution is 6.31. The lowest BCUT2D eigenvalue weighted by atomic mass is 10.2. The fourth-order valence-electron chi connectivity index (χ4n) is 1.89. The molecule has 0 atom stereocenters. The summed E-state index contributed by atoms with van der Waals surface area (Å²) in [6, 6.07) is 7.71. The monoisotopic (exact) mass is 324 g/mol. The van der Waals surface area contributed by atoms with Crippen molar-refractivity contribution in [2.45, 2.75) is 26.8 Å². The summed E-state index contributed by atoms with van der Waals surface area (Å²) in [5.41, 5.74) is 1.02. The van der Waals surface area contributed by atoms with Gasteiger partial charge in [-0.2, -0.15) is 0 Å². The van der Waals surface area contributed by atoms with E-state index in [0.717, 1.165) is 23.6 Å². The number of amides is 1. The Morgan fingerprint density at radius 1 is 1.27 bits per heavy atom. The third-order valence-electron chi connectivity index (χ3n) is 3.01. The van der Waals surface area contributed by atoms with E-state index in [-0.39, 0.29) is 12.5 Å². The van der Waals surface area contributed by atoms with Crippen molar-refractivity contribution in [3.8, 4) is 0 Å². The molecule has 0 aliphatic carbocycles. The Bertz CT molecular complexity index is 505. The zero-order valence-electron chi connectivity index (χ0n) is 13.5. The molecule has 122 valence electrons. The quantitative estimate of drug-likeness (QED) is 0.597. The molecule has 2 N–H and O–H groups in total. The van der Waals surface area contributed by atoms with Crippen molar-refractivity contribution in [2.75, 3.05) is 26.7 Å². The predicted molar refractivity (Wildman–Crippen MR) is 92.2 cm³/mol. The summed E-state index contributed by atoms with van der Waals surface area (Å²) >= 11 is 6.18. The van der Waals surface area contributed by atoms with Gasteiger partial charge >= 0.3 is 0 Å². The highest BCUT2D eigenvalue weighted by atomic mass is 35.5. The molecule has 22 heavy (non-hydrogen) atoms. The Labute approximate surface area is 137 Å². The summed E-state index contributed by atoms with van der Waals surface area (Å²) < 4.78 is 0. The fourth-order valence-corrected chi connectivity index (χ4v) is 2.09. The van der Waals surface area contributed by atoms with Crippen molar-refractivity contribution in [2.24, 2.45) is 4.99 Å². The highest BCUT2D eigenvalue weighted by Gasteiger charge is 2.09. The van der Waals surface area contributed by atoms with E-state index in [4.69, 9.17) is 11.6 Å². The van der Waals surface area contributed by atoms with E-state index in [1.807, 2.05) is 50.1 Å². The number of guanidine groups is 1. The van der Waals surface area contributed by atoms with Crippen molar-refractivity contribution in [1.29, 1.82) is 0 Å². The number of nitrogens with one attached hydrogen (secondary N) is 2. The first-order valence-corrected chi connectivity index (χ1v) is 7.95. The molecule has 0 aliphatic heterocycles. The molecule has 0 spiro atoms. The minimum absolute atomic E-state index is 0.0663. The van der Waals surface area contributed by atoms with Crippen LogP contribution in [0, 0.1) is 0 Å². The van der Waals surface area contributed by atoms with Crippen LogP contribution in [0.15, 0.2) is 29.3 Å². The number of benzene rings is 1. The Hall–Kier alpha value is -1.75. The molecule has 5 nitrogen and oxygen atoms in total. The smallest absolute Gasteiger partial charge is 0.241 e. The van der Waals surface area contributed by atoms with Crippen molar-refractivity contribution in [3.05, 3.63) is 34.9 Å². The SMILES string of the molecule is CCCNC(=O)CN=C(NCC)N(C)Cc1ccccc1Cl. The summed E-state index contributed by atoms with van der Waals surface area (Å²) in [4.78, 5) is 18.0. The van der Waals surface area contributed by atoms with E-state index < -0.39 is 0 Å². The van der Waals surface area contributed by atoms with Crippen LogP contribution in [0.3, 0.4) is 0 Å². The molecule has 1 amide bonds. The summed E-state index contributed by atoms with van der Waals surface area (Å²) in [5.74, 6) is 0.623. The number of aliphatic imine (C=N–C) groups is 1. The molecule has 0 bridgehead atoms. The van der Waals surface area contributed by atoms with Crippen LogP contribution in [-0.2, 0) is 11.3 Å². The summed E-state index contributed by atoms with van der Waals surface area (Å²) in [6.45, 7) is 6.18. The maximum Gasteiger partial charge on any atom is 0.241 e. The van der Waals surface area contributed by atoms with Gasteiger partial charge in [0.25, 0.3) is 0 Å². The molecule has 0 aliphatic rings. The van der Waals surface area contributed by atoms with Crippen molar-refractivity contribution in [1.82, 2.24) is 15.5 Å². The third-order valence-corrected chi connectivity index (χ3v) is 3.38. The Morgan fingerprint density at radius 2 is 2.00 bits per heavy atom. The molecular weight excluding hydrogens is 300 g/mol. The van der Waals surface area contributed by atoms with Crippen molar-refractivity contribution >= 4 is 23.5 Å². The second-order valence-corrected chi connectivity index (χ2v) is 5.37. The molecule has 1 aromatic carbocycles. The minimum atomic E-state index is -0.0663. The van der Waals surface area contributed by atoms with E-state index in [0.29, 0.717) is 19.0 Å². The predicted octanol–water partition coefficient (Wildman–Crippen LogP) is 2.26. The number of carbonyl (C=O) groups excluding carboxylic acids is 1. The van der Waals surface area contributed by atoms with Crippen LogP contribution in [0.4, 0.5) is 0 Å². The highest BCUT2D eigenvalue weighted by Crippen LogP contribution is 2.16. The maximum atomic E-state index is 11.7. The van der Waals surface area contributed by atoms with Crippen LogP contribution in [-0.4, -0.2) is 43.4 Å². The molecule has 0 saturated heterocycles. The number of hydrogen-bond acceptors (Lipinski definition) is 2. The molecule has 0 saturated carbocycles. The largest absolute Gasteiger partial charge is 0.357 e. The van der Waals surface area contributed by atoms with Crippen LogP contribution in [0.25, 0.3) is 0 Å². The van der Waals surface area contributed by atoms with Crippen molar-refractivity contribution in [3.63, 3.8) is 0 Å². The van der Waals surface area contributed by atoms with E-state index in [2.05, 4.69) is 15.6 Å². The van der Waals surface area contributed by atoms with E-state index in [9.17, 15) is 4.79 Å². The minimum Gasteiger partial charge on any atom is -0.357 e. The number of carbonyl (C=O) groups is 1. The molecule has 0 unspecified atom stereocenters. The van der Waals surface area contributed by atoms with Crippen LogP contribution < -0.4 is 10.6 Å². The summed E-state index contributed by atoms with van der Waals surface area (Å²) in [5, 5.41) is 6.73. The van der Waals surface area contributed by atoms with Gasteiger partial charge in [-0.15, -0.1) is 0 Å². The van der Waals surface area contributed by atoms with Gasteiger partial charge in [0.1, 0.15) is 6.54 Å². The molecular formula is C16H25ClN4O. The van der Waals surface area contributed by atoms with E-state index in [1.54, 1.807) is 0 Å². The normalized spacial score (nSPS) is 11.2. The lowest BCUT2D eigenvalue weighted by Gasteiger charge is -2.22. The summed E-state index contributed by atoms with van der Waals surface area (Å²) in [6.07, 6.45) is 0.919. The molecule has 0 heterocycles. The molecule has 0 aromatic heterocycles. The molecule has 1 aromatic rings. The van der Waals surface area contributed by atoms with Crippen LogP contribution in [0.5, 0.6) is 0 Å². The average Bonchev–Trinajstić information content (AvgIpc) is 2.51. The second-order valence-electron chi connectivity index (χ2n) is 4.97. The Balaban J connectivity index is 2.68. The summed E-state index contributed by atoms with van der Waals surface area (Å²) in [7, 11) is 1.93. The van der Waals surface area contributed by atoms with Gasteiger partial charge in [-0.25, -0.2) is 4.99 Å². The Kier molecular flexibility index (Phi) is 8.36. The average molecular weight is 325 g/mol. The van der Waals surface area contributed by atoms with E-state index >= 15 is 0 Å². The van der Waals surface area contributed by atoms with Crippen molar-refractivity contribution < 1.29 is 4.79 Å². The Morgan fingerprint density at radius 3 is 2.64 bits per heavy atom. The van der Waals surface area contributed by atoms with Crippen LogP contribution in [0.2, 0.25) is 5.02 Å². The molecule has 0 fully saturated rings. The molecule has 1 rings (SSSR count). The zero-order valence-corrected chi connectivity index (χ0v) is 14.3. The maximum absolute atomic E-state index is 11.7. The topological polar surface area (TPSA) is 56.7 Å². The first-order chi connectivity index (χ1) is 10.6. The lowest BCUT2D eigenvalue weighted by molar-refractivity contribution is -0.119. The number of halogens is 1. The van der Waals surface area contributed by atoms with E-state index in [1.165, 1.54) is 0 Å². The number of hydrogen-bond donors (Lipinski definition) is 2.